The average Bonchev–Trinajstić information content (AvgIpc) is 3.86. The Hall–Kier alpha value is 0.0295. The molecule has 9 N–H and O–H groups in total. The second-order valence-electron chi connectivity index (χ2n) is 18.3. The van der Waals surface area contributed by atoms with Crippen LogP contribution in [-0.4, -0.2) is 95.9 Å². The molecule has 301 valence electrons. The van der Waals surface area contributed by atoms with Gasteiger partial charge in [-0.15, -0.1) is 0 Å². The molecule has 0 amide bonds. The van der Waals surface area contributed by atoms with Crippen LogP contribution in [0.1, 0.15) is 103 Å². The summed E-state index contributed by atoms with van der Waals surface area (Å²) in [5.41, 5.74) is 0. The van der Waals surface area contributed by atoms with E-state index in [-0.39, 0.29) is 72.0 Å². The van der Waals surface area contributed by atoms with E-state index in [2.05, 4.69) is 52.2 Å². The Morgan fingerprint density at radius 1 is 0.519 bits per heavy atom. The smallest absolute Gasteiger partial charge is 0.309 e. The van der Waals surface area contributed by atoms with Crippen LogP contribution in [0.15, 0.2) is 0 Å². The van der Waals surface area contributed by atoms with Gasteiger partial charge in [-0.3, -0.25) is 46.7 Å². The first-order valence-electron chi connectivity index (χ1n) is 21.2. The van der Waals surface area contributed by atoms with Gasteiger partial charge in [0, 0.05) is 29.5 Å². The maximum Gasteiger partial charge on any atom is 0.336 e. The number of fused-ring (bicyclic) bond motifs is 20. The van der Waals surface area contributed by atoms with Crippen LogP contribution in [0.4, 0.5) is 0 Å². The molecule has 13 nitrogen and oxygen atoms in total. The number of nitrogens with zero attached hydrogens (tertiary/aromatic N) is 1. The standard InChI is InChI=1S/C37H68N10O3S.Cu/c1-47(2)20-10-19-38-51(48,49)50-28-18-9-17-27-29(28)37-45-35-26-16-8-7-15-25(26)33(43-35)41-31-22-12-4-3-11-21(22)30(39-31)40-32-23-13-5-6-14-24(23)34(42-32)44-36(27)46-37;/h21-46H,3-20H2,1-2H3;. The summed E-state index contributed by atoms with van der Waals surface area (Å²) in [6.07, 6.45) is 20.2. The number of hydrogen-bond acceptors (Lipinski definition) is 12. The van der Waals surface area contributed by atoms with Crippen molar-refractivity contribution in [3.63, 3.8) is 0 Å². The van der Waals surface area contributed by atoms with E-state index in [1.54, 1.807) is 0 Å². The van der Waals surface area contributed by atoms with Gasteiger partial charge >= 0.3 is 10.3 Å². The van der Waals surface area contributed by atoms with E-state index in [1.165, 1.54) is 77.0 Å². The van der Waals surface area contributed by atoms with Crippen LogP contribution in [0.3, 0.4) is 0 Å². The van der Waals surface area contributed by atoms with Crippen LogP contribution < -0.4 is 47.3 Å². The van der Waals surface area contributed by atoms with Crippen LogP contribution in [0.5, 0.6) is 0 Å². The molecule has 8 bridgehead atoms. The third kappa shape index (κ3) is 7.82. The van der Waals surface area contributed by atoms with Gasteiger partial charge in [-0.25, -0.2) is 0 Å². The quantitative estimate of drug-likeness (QED) is 0.135. The molecular weight excluding hydrogens is 728 g/mol. The number of rotatable bonds is 7. The van der Waals surface area contributed by atoms with Gasteiger partial charge in [-0.2, -0.15) is 13.1 Å². The summed E-state index contributed by atoms with van der Waals surface area (Å²) in [4.78, 5) is 2.08. The first-order chi connectivity index (χ1) is 24.8. The molecule has 9 rings (SSSR count). The van der Waals surface area contributed by atoms with Gasteiger partial charge in [0.05, 0.1) is 55.4 Å². The molecule has 0 spiro atoms. The van der Waals surface area contributed by atoms with Crippen LogP contribution >= 0.6 is 0 Å². The summed E-state index contributed by atoms with van der Waals surface area (Å²) in [5.74, 6) is 3.95. The Labute approximate surface area is 323 Å². The van der Waals surface area contributed by atoms with Crippen LogP contribution in [0.25, 0.3) is 0 Å². The number of hydrogen-bond donors (Lipinski definition) is 9. The van der Waals surface area contributed by atoms with Crippen molar-refractivity contribution in [2.45, 2.75) is 158 Å². The third-order valence-corrected chi connectivity index (χ3v) is 16.2. The molecule has 0 aromatic rings. The van der Waals surface area contributed by atoms with Gasteiger partial charge in [0.1, 0.15) is 0 Å². The maximum atomic E-state index is 13.4. The van der Waals surface area contributed by atoms with E-state index in [4.69, 9.17) is 4.18 Å². The summed E-state index contributed by atoms with van der Waals surface area (Å²) in [7, 11) is 0.148. The molecule has 0 aromatic carbocycles. The second-order valence-corrected chi connectivity index (χ2v) is 19.7. The predicted molar refractivity (Wildman–Crippen MR) is 198 cm³/mol. The van der Waals surface area contributed by atoms with Crippen molar-refractivity contribution in [2.75, 3.05) is 27.2 Å². The van der Waals surface area contributed by atoms with E-state index >= 15 is 0 Å². The van der Waals surface area contributed by atoms with Crippen molar-refractivity contribution in [3.05, 3.63) is 0 Å². The molecule has 9 aliphatic rings. The fraction of sp³-hybridized carbons (Fsp3) is 1.00. The van der Waals surface area contributed by atoms with E-state index in [0.717, 1.165) is 32.2 Å². The monoisotopic (exact) mass is 795 g/mol. The topological polar surface area (TPSA) is 155 Å². The molecule has 52 heavy (non-hydrogen) atoms. The molecule has 0 aromatic heterocycles. The van der Waals surface area contributed by atoms with E-state index < -0.39 is 10.3 Å². The molecule has 5 aliphatic heterocycles. The zero-order chi connectivity index (χ0) is 34.7. The largest absolute Gasteiger partial charge is 0.336 e. The van der Waals surface area contributed by atoms with Gasteiger partial charge in [-0.05, 0) is 120 Å². The fourth-order valence-corrected chi connectivity index (χ4v) is 13.9. The van der Waals surface area contributed by atoms with E-state index in [0.29, 0.717) is 54.4 Å². The Balaban J connectivity index is 0.00000387. The van der Waals surface area contributed by atoms with Crippen LogP contribution in [0.2, 0.25) is 0 Å². The zero-order valence-electron chi connectivity index (χ0n) is 31.4. The van der Waals surface area contributed by atoms with Crippen molar-refractivity contribution in [1.29, 1.82) is 0 Å². The van der Waals surface area contributed by atoms with Gasteiger partial charge in [0.15, 0.2) is 0 Å². The average molecular weight is 797 g/mol. The molecule has 4 saturated carbocycles. The Morgan fingerprint density at radius 2 is 0.865 bits per heavy atom. The van der Waals surface area contributed by atoms with Crippen LogP contribution in [0, 0.1) is 47.3 Å². The summed E-state index contributed by atoms with van der Waals surface area (Å²) in [5, 5.41) is 33.2. The van der Waals surface area contributed by atoms with Crippen molar-refractivity contribution in [1.82, 2.24) is 52.2 Å². The molecular formula is C37H68CuN10O3S. The summed E-state index contributed by atoms with van der Waals surface area (Å²) in [6.45, 7) is 1.22. The van der Waals surface area contributed by atoms with Crippen molar-refractivity contribution >= 4 is 10.3 Å². The van der Waals surface area contributed by atoms with E-state index in [1.807, 2.05) is 14.1 Å². The molecule has 17 atom stereocenters. The SMILES string of the molecule is CN(C)CCCNS(=O)(=O)OC1CCCC2C3NC4NC(NC5NC(NC6NC(NC(N3)C12)C1CCCCC61)C1CCCCC51)C1CCCCC41.[Cu]. The fourth-order valence-electron chi connectivity index (χ4n) is 12.9. The minimum Gasteiger partial charge on any atom is -0.309 e. The molecule has 9 fully saturated rings. The maximum absolute atomic E-state index is 13.4. The molecule has 15 heteroatoms. The first kappa shape index (κ1) is 38.9. The van der Waals surface area contributed by atoms with Gasteiger partial charge < -0.3 is 4.90 Å². The van der Waals surface area contributed by atoms with Crippen molar-refractivity contribution < 1.29 is 29.7 Å². The molecule has 5 heterocycles. The Bertz CT molecular complexity index is 1320. The van der Waals surface area contributed by atoms with Crippen molar-refractivity contribution in [2.24, 2.45) is 47.3 Å². The predicted octanol–water partition coefficient (Wildman–Crippen LogP) is 1.38. The zero-order valence-corrected chi connectivity index (χ0v) is 33.2. The first-order valence-corrected chi connectivity index (χ1v) is 22.6. The summed E-state index contributed by atoms with van der Waals surface area (Å²) >= 11 is 0. The van der Waals surface area contributed by atoms with E-state index in [9.17, 15) is 8.42 Å². The van der Waals surface area contributed by atoms with Crippen molar-refractivity contribution in [3.8, 4) is 0 Å². The van der Waals surface area contributed by atoms with Gasteiger partial charge in [0.2, 0.25) is 0 Å². The normalized spacial score (nSPS) is 48.7. The summed E-state index contributed by atoms with van der Waals surface area (Å²) in [6, 6.07) is 0. The van der Waals surface area contributed by atoms with Crippen LogP contribution in [-0.2, 0) is 31.6 Å². The molecule has 5 saturated heterocycles. The molecule has 4 aliphatic carbocycles. The van der Waals surface area contributed by atoms with Gasteiger partial charge in [0.25, 0.3) is 0 Å². The third-order valence-electron chi connectivity index (χ3n) is 15.1. The Kier molecular flexibility index (Phi) is 12.3. The minimum absolute atomic E-state index is 0. The minimum atomic E-state index is -3.88. The molecule has 1 radical (unpaired) electrons. The summed E-state index contributed by atoms with van der Waals surface area (Å²) < 4.78 is 35.7. The molecule has 17 unspecified atom stereocenters. The second kappa shape index (κ2) is 16.5. The number of nitrogens with one attached hydrogen (secondary N) is 9. The Morgan fingerprint density at radius 3 is 1.25 bits per heavy atom. The van der Waals surface area contributed by atoms with Gasteiger partial charge in [-0.1, -0.05) is 44.9 Å².